The van der Waals surface area contributed by atoms with E-state index in [1.54, 1.807) is 0 Å². The quantitative estimate of drug-likeness (QED) is 0.853. The molecular formula is C12H8ClF3N2. The predicted octanol–water partition coefficient (Wildman–Crippen LogP) is 3.20. The molecule has 2 nitrogen and oxygen atoms in total. The summed E-state index contributed by atoms with van der Waals surface area (Å²) in [5.41, 5.74) is 5.59. The van der Waals surface area contributed by atoms with E-state index in [1.165, 1.54) is 12.3 Å². The van der Waals surface area contributed by atoms with Gasteiger partial charge in [0.2, 0.25) is 0 Å². The van der Waals surface area contributed by atoms with Gasteiger partial charge in [-0.05, 0) is 18.2 Å². The fourth-order valence-corrected chi connectivity index (χ4v) is 1.73. The zero-order valence-corrected chi connectivity index (χ0v) is 9.76. The summed E-state index contributed by atoms with van der Waals surface area (Å²) < 4.78 is 40.4. The second-order valence-electron chi connectivity index (χ2n) is 3.66. The first kappa shape index (κ1) is 12.9. The van der Waals surface area contributed by atoms with Crippen molar-refractivity contribution in [2.45, 2.75) is 6.04 Å². The third-order valence-electron chi connectivity index (χ3n) is 2.51. The number of nitrogens with two attached hydrogens (primary N) is 1. The first-order valence-electron chi connectivity index (χ1n) is 5.00. The smallest absolute Gasteiger partial charge is 0.146 e. The standard InChI is InChI=1S/C12H8ClF3N2/c13-8-4-9(14)7(3-10(8)15)12(17)6-1-2-18-5-11(6)16/h1-5,12H,17H2. The van der Waals surface area contributed by atoms with Gasteiger partial charge in [-0.1, -0.05) is 11.6 Å². The molecule has 0 aliphatic rings. The molecule has 0 radical (unpaired) electrons. The summed E-state index contributed by atoms with van der Waals surface area (Å²) in [5.74, 6) is -2.28. The highest BCUT2D eigenvalue weighted by atomic mass is 35.5. The summed E-state index contributed by atoms with van der Waals surface area (Å²) in [4.78, 5) is 3.56. The molecule has 0 amide bonds. The van der Waals surface area contributed by atoms with Crippen LogP contribution < -0.4 is 5.73 Å². The third-order valence-corrected chi connectivity index (χ3v) is 2.80. The SMILES string of the molecule is NC(c1ccncc1F)c1cc(F)c(Cl)cc1F. The molecule has 94 valence electrons. The fourth-order valence-electron chi connectivity index (χ4n) is 1.58. The number of rotatable bonds is 2. The van der Waals surface area contributed by atoms with Crippen molar-refractivity contribution in [1.82, 2.24) is 4.98 Å². The Hall–Kier alpha value is -1.59. The van der Waals surface area contributed by atoms with Gasteiger partial charge in [-0.2, -0.15) is 0 Å². The van der Waals surface area contributed by atoms with Crippen molar-refractivity contribution in [1.29, 1.82) is 0 Å². The van der Waals surface area contributed by atoms with E-state index in [9.17, 15) is 13.2 Å². The highest BCUT2D eigenvalue weighted by molar-refractivity contribution is 6.30. The van der Waals surface area contributed by atoms with Crippen LogP contribution in [0.4, 0.5) is 13.2 Å². The number of hydrogen-bond donors (Lipinski definition) is 1. The minimum Gasteiger partial charge on any atom is -0.320 e. The lowest BCUT2D eigenvalue weighted by atomic mass is 9.99. The van der Waals surface area contributed by atoms with Crippen LogP contribution in [0.5, 0.6) is 0 Å². The summed E-state index contributed by atoms with van der Waals surface area (Å²) in [6.45, 7) is 0. The molecule has 2 N–H and O–H groups in total. The Morgan fingerprint density at radius 1 is 1.06 bits per heavy atom. The Bertz CT molecular complexity index is 590. The van der Waals surface area contributed by atoms with Crippen molar-refractivity contribution in [2.24, 2.45) is 5.73 Å². The van der Waals surface area contributed by atoms with E-state index in [2.05, 4.69) is 4.98 Å². The lowest BCUT2D eigenvalue weighted by Gasteiger charge is -2.14. The molecule has 2 aromatic rings. The molecule has 6 heteroatoms. The molecule has 0 fully saturated rings. The maximum Gasteiger partial charge on any atom is 0.146 e. The summed E-state index contributed by atoms with van der Waals surface area (Å²) >= 11 is 5.43. The van der Waals surface area contributed by atoms with Crippen LogP contribution >= 0.6 is 11.6 Å². The van der Waals surface area contributed by atoms with Crippen LogP contribution in [0, 0.1) is 17.5 Å². The van der Waals surface area contributed by atoms with Gasteiger partial charge in [0.25, 0.3) is 0 Å². The first-order chi connectivity index (χ1) is 8.50. The number of halogens is 4. The van der Waals surface area contributed by atoms with Crippen molar-refractivity contribution in [2.75, 3.05) is 0 Å². The van der Waals surface area contributed by atoms with Gasteiger partial charge < -0.3 is 5.73 Å². The molecule has 0 aliphatic carbocycles. The molecule has 1 heterocycles. The van der Waals surface area contributed by atoms with Crippen molar-refractivity contribution in [3.05, 3.63) is 64.2 Å². The first-order valence-corrected chi connectivity index (χ1v) is 5.38. The van der Waals surface area contributed by atoms with E-state index >= 15 is 0 Å². The lowest BCUT2D eigenvalue weighted by molar-refractivity contribution is 0.560. The Morgan fingerprint density at radius 2 is 1.78 bits per heavy atom. The van der Waals surface area contributed by atoms with Crippen LogP contribution in [0.3, 0.4) is 0 Å². The van der Waals surface area contributed by atoms with Crippen LogP contribution in [0.25, 0.3) is 0 Å². The Kier molecular flexibility index (Phi) is 3.54. The van der Waals surface area contributed by atoms with Crippen LogP contribution in [0.15, 0.2) is 30.6 Å². The van der Waals surface area contributed by atoms with Crippen LogP contribution in [0.1, 0.15) is 17.2 Å². The summed E-state index contributed by atoms with van der Waals surface area (Å²) in [6.07, 6.45) is 2.28. The van der Waals surface area contributed by atoms with Crippen LogP contribution in [0.2, 0.25) is 5.02 Å². The monoisotopic (exact) mass is 272 g/mol. The molecular weight excluding hydrogens is 265 g/mol. The van der Waals surface area contributed by atoms with Gasteiger partial charge in [-0.15, -0.1) is 0 Å². The minimum absolute atomic E-state index is 0.0330. The predicted molar refractivity (Wildman–Crippen MR) is 61.6 cm³/mol. The zero-order chi connectivity index (χ0) is 13.3. The van der Waals surface area contributed by atoms with Crippen molar-refractivity contribution >= 4 is 11.6 Å². The van der Waals surface area contributed by atoms with Crippen molar-refractivity contribution in [3.8, 4) is 0 Å². The minimum atomic E-state index is -1.13. The zero-order valence-electron chi connectivity index (χ0n) is 9.00. The summed E-state index contributed by atoms with van der Waals surface area (Å²) in [5, 5.41) is -0.348. The Morgan fingerprint density at radius 3 is 2.44 bits per heavy atom. The van der Waals surface area contributed by atoms with Crippen LogP contribution in [-0.2, 0) is 0 Å². The fraction of sp³-hybridized carbons (Fsp3) is 0.0833. The maximum absolute atomic E-state index is 13.6. The number of pyridine rings is 1. The molecule has 0 aliphatic heterocycles. The molecule has 1 atom stereocenters. The number of hydrogen-bond acceptors (Lipinski definition) is 2. The molecule has 0 saturated heterocycles. The van der Waals surface area contributed by atoms with Gasteiger partial charge >= 0.3 is 0 Å². The highest BCUT2D eigenvalue weighted by Gasteiger charge is 2.19. The van der Waals surface area contributed by atoms with E-state index in [0.29, 0.717) is 0 Å². The molecule has 2 rings (SSSR count). The number of nitrogens with zero attached hydrogens (tertiary/aromatic N) is 1. The van der Waals surface area contributed by atoms with Gasteiger partial charge in [0, 0.05) is 17.3 Å². The lowest BCUT2D eigenvalue weighted by Crippen LogP contribution is -2.16. The van der Waals surface area contributed by atoms with Gasteiger partial charge in [0.05, 0.1) is 17.3 Å². The van der Waals surface area contributed by atoms with Gasteiger partial charge in [-0.3, -0.25) is 4.98 Å². The third kappa shape index (κ3) is 2.32. The average molecular weight is 273 g/mol. The number of benzene rings is 1. The highest BCUT2D eigenvalue weighted by Crippen LogP contribution is 2.27. The second-order valence-corrected chi connectivity index (χ2v) is 4.07. The Balaban J connectivity index is 2.50. The van der Waals surface area contributed by atoms with E-state index < -0.39 is 23.5 Å². The molecule has 18 heavy (non-hydrogen) atoms. The Labute approximate surface area is 106 Å². The maximum atomic E-state index is 13.6. The normalized spacial score (nSPS) is 12.5. The average Bonchev–Trinajstić information content (AvgIpc) is 2.33. The van der Waals surface area contributed by atoms with E-state index in [-0.39, 0.29) is 16.1 Å². The largest absolute Gasteiger partial charge is 0.320 e. The number of aromatic nitrogens is 1. The van der Waals surface area contributed by atoms with Crippen LogP contribution in [-0.4, -0.2) is 4.98 Å². The van der Waals surface area contributed by atoms with Crippen molar-refractivity contribution < 1.29 is 13.2 Å². The summed E-state index contributed by atoms with van der Waals surface area (Å²) in [7, 11) is 0. The van der Waals surface area contributed by atoms with Gasteiger partial charge in [0.1, 0.15) is 17.5 Å². The van der Waals surface area contributed by atoms with E-state index in [1.807, 2.05) is 0 Å². The topological polar surface area (TPSA) is 38.9 Å². The molecule has 0 spiro atoms. The molecule has 1 aromatic carbocycles. The second kappa shape index (κ2) is 4.96. The van der Waals surface area contributed by atoms with Gasteiger partial charge in [0.15, 0.2) is 0 Å². The van der Waals surface area contributed by atoms with E-state index in [4.69, 9.17) is 17.3 Å². The van der Waals surface area contributed by atoms with E-state index in [0.717, 1.165) is 18.3 Å². The van der Waals surface area contributed by atoms with Crippen molar-refractivity contribution in [3.63, 3.8) is 0 Å². The molecule has 0 saturated carbocycles. The molecule has 1 aromatic heterocycles. The molecule has 1 unspecified atom stereocenters. The van der Waals surface area contributed by atoms with Gasteiger partial charge in [-0.25, -0.2) is 13.2 Å². The summed E-state index contributed by atoms with van der Waals surface area (Å²) in [6, 6.07) is 1.86. The molecule has 0 bridgehead atoms.